The lowest BCUT2D eigenvalue weighted by atomic mass is 10.1. The molecule has 0 saturated carbocycles. The molecule has 2 saturated heterocycles. The van der Waals surface area contributed by atoms with Crippen molar-refractivity contribution in [3.05, 3.63) is 84.1 Å². The summed E-state index contributed by atoms with van der Waals surface area (Å²) in [6.45, 7) is 37.6. The Morgan fingerprint density at radius 3 is 1.54 bits per heavy atom. The van der Waals surface area contributed by atoms with E-state index in [1.165, 1.54) is 35.8 Å². The van der Waals surface area contributed by atoms with Crippen LogP contribution in [-0.4, -0.2) is 139 Å². The summed E-state index contributed by atoms with van der Waals surface area (Å²) in [5.74, 6) is 1.17. The van der Waals surface area contributed by atoms with E-state index in [-0.39, 0.29) is 76.3 Å². The van der Waals surface area contributed by atoms with Crippen molar-refractivity contribution in [2.75, 3.05) is 76.7 Å². The normalized spacial score (nSPS) is 16.2. The molecule has 3 aromatic rings. The minimum absolute atomic E-state index is 0.00979. The Balaban J connectivity index is 1.28. The predicted molar refractivity (Wildman–Crippen MR) is 322 cm³/mol. The third kappa shape index (κ3) is 18.7. The maximum atomic E-state index is 14.6. The molecule has 5 rings (SSSR count). The van der Waals surface area contributed by atoms with E-state index in [1.807, 2.05) is 18.2 Å². The number of hydrogen-bond donors (Lipinski definition) is 2. The molecule has 2 aliphatic rings. The first-order valence-electron chi connectivity index (χ1n) is 27.0. The molecule has 2 N–H and O–H groups in total. The summed E-state index contributed by atoms with van der Waals surface area (Å²) in [5.41, 5.74) is 1.88. The average Bonchev–Trinajstić information content (AvgIpc) is 3.98. The van der Waals surface area contributed by atoms with Crippen LogP contribution >= 0.6 is 21.6 Å². The maximum Gasteiger partial charge on any atom is 0.412 e. The van der Waals surface area contributed by atoms with Gasteiger partial charge in [-0.1, -0.05) is 82.7 Å². The maximum absolute atomic E-state index is 14.6. The minimum Gasteiger partial charge on any atom is -0.493 e. The van der Waals surface area contributed by atoms with Crippen molar-refractivity contribution < 1.29 is 56.5 Å². The molecule has 0 unspecified atom stereocenters. The second-order valence-corrected chi connectivity index (χ2v) is 36.1. The minimum atomic E-state index is -2.14. The largest absolute Gasteiger partial charge is 0.493 e. The fourth-order valence-corrected chi connectivity index (χ4v) is 11.9. The zero-order valence-electron chi connectivity index (χ0n) is 49.4. The summed E-state index contributed by atoms with van der Waals surface area (Å²) in [7, 11) is 1.73. The van der Waals surface area contributed by atoms with E-state index >= 15 is 0 Å². The van der Waals surface area contributed by atoms with Gasteiger partial charge in [0.2, 0.25) is 0 Å². The molecule has 436 valence electrons. The van der Waals surface area contributed by atoms with Crippen molar-refractivity contribution in [1.29, 1.82) is 0 Å². The van der Waals surface area contributed by atoms with Crippen LogP contribution < -0.4 is 29.6 Å². The molecule has 3 heterocycles. The number of carbonyl (C=O) groups is 4. The SMILES string of the molecule is C=C1C[C@@H](CO[Si](C)(C)C(C)(C)C)N(C(=O)c2cc(OC)c(OCCCCCOc3cc(NC(=O)OC(C)(C)C)c(C(=O)N4CC(=C)C[C@H]4CO[Si](C)(C)C(C)(C)C)cc3OC)cc2NC(=O)OCCSSc2ccccn2)C1. The lowest BCUT2D eigenvalue weighted by molar-refractivity contribution is 0.0634. The van der Waals surface area contributed by atoms with Crippen LogP contribution in [0.1, 0.15) is 115 Å². The number of amides is 4. The van der Waals surface area contributed by atoms with E-state index in [9.17, 15) is 19.2 Å². The fraction of sp³-hybridized carbons (Fsp3) is 0.569. The van der Waals surface area contributed by atoms with E-state index in [4.69, 9.17) is 37.3 Å². The summed E-state index contributed by atoms with van der Waals surface area (Å²) in [6, 6.07) is 11.6. The number of nitrogens with zero attached hydrogens (tertiary/aromatic N) is 3. The van der Waals surface area contributed by atoms with Crippen molar-refractivity contribution in [2.45, 2.75) is 153 Å². The molecule has 0 aliphatic carbocycles. The standard InChI is InChI=1S/C58H87N5O12S2Si2/c1-39-29-41(37-73-78(14,15)57(6,7)8)62(35-39)52(64)43-31-47(68-12)49(33-45(43)60-54(66)72-27-28-76-77-51-23-19-20-24-59-51)70-25-21-18-22-26-71-50-34-46(61-55(67)75-56(3,4)5)44(32-48(50)69-13)53(65)63-36-40(2)30-42(63)38-74-79(16,17)58(9,10)11/h19-20,23-24,31-34,41-42H,1-2,18,21-22,25-30,35-38H2,3-17H3,(H,60,66)(H,61,67)/t41-,42-/m0/s1. The smallest absolute Gasteiger partial charge is 0.412 e. The van der Waals surface area contributed by atoms with Crippen molar-refractivity contribution in [3.63, 3.8) is 0 Å². The Hall–Kier alpha value is -5.20. The third-order valence-corrected chi connectivity index (χ3v) is 25.8. The molecular weight excluding hydrogens is 1080 g/mol. The summed E-state index contributed by atoms with van der Waals surface area (Å²) in [5, 5.41) is 6.45. The highest BCUT2D eigenvalue weighted by atomic mass is 33.1. The van der Waals surface area contributed by atoms with Gasteiger partial charge in [-0.3, -0.25) is 20.2 Å². The number of benzene rings is 2. The van der Waals surface area contributed by atoms with Crippen molar-refractivity contribution in [3.8, 4) is 23.0 Å². The molecule has 79 heavy (non-hydrogen) atoms. The summed E-state index contributed by atoms with van der Waals surface area (Å²) in [6.07, 6.45) is 3.38. The number of hydrogen-bond acceptors (Lipinski definition) is 15. The molecule has 2 aromatic carbocycles. The number of carbonyl (C=O) groups excluding carboxylic acids is 4. The van der Waals surface area contributed by atoms with Gasteiger partial charge in [-0.2, -0.15) is 0 Å². The third-order valence-electron chi connectivity index (χ3n) is 14.6. The predicted octanol–water partition coefficient (Wildman–Crippen LogP) is 13.6. The molecule has 1 aromatic heterocycles. The summed E-state index contributed by atoms with van der Waals surface area (Å²) < 4.78 is 48.5. The summed E-state index contributed by atoms with van der Waals surface area (Å²) >= 11 is 0. The van der Waals surface area contributed by atoms with E-state index < -0.39 is 34.4 Å². The van der Waals surface area contributed by atoms with Crippen LogP contribution in [0.5, 0.6) is 23.0 Å². The molecule has 17 nitrogen and oxygen atoms in total. The Labute approximate surface area is 479 Å². The van der Waals surface area contributed by atoms with Gasteiger partial charge in [-0.15, -0.1) is 0 Å². The van der Waals surface area contributed by atoms with Crippen LogP contribution in [0.4, 0.5) is 21.0 Å². The van der Waals surface area contributed by atoms with Gasteiger partial charge in [0.05, 0.1) is 75.2 Å². The number of anilines is 2. The highest BCUT2D eigenvalue weighted by Crippen LogP contribution is 2.41. The number of pyridine rings is 1. The van der Waals surface area contributed by atoms with Gasteiger partial charge in [0.1, 0.15) is 17.2 Å². The van der Waals surface area contributed by atoms with Crippen LogP contribution in [0.3, 0.4) is 0 Å². The quantitative estimate of drug-likeness (QED) is 0.0353. The van der Waals surface area contributed by atoms with E-state index in [0.717, 1.165) is 16.2 Å². The van der Waals surface area contributed by atoms with E-state index in [1.54, 1.807) is 61.0 Å². The molecule has 0 radical (unpaired) electrons. The second kappa shape index (κ2) is 28.0. The monoisotopic (exact) mass is 1170 g/mol. The molecule has 4 amide bonds. The first-order valence-corrected chi connectivity index (χ1v) is 35.1. The zero-order valence-corrected chi connectivity index (χ0v) is 53.1. The van der Waals surface area contributed by atoms with Crippen molar-refractivity contribution >= 4 is 73.6 Å². The second-order valence-electron chi connectivity index (χ2n) is 24.0. The molecule has 0 spiro atoms. The Bertz CT molecular complexity index is 2620. The summed E-state index contributed by atoms with van der Waals surface area (Å²) in [4.78, 5) is 63.6. The van der Waals surface area contributed by atoms with Crippen LogP contribution in [0.15, 0.2) is 78.0 Å². The van der Waals surface area contributed by atoms with Gasteiger partial charge in [-0.05, 0) is 124 Å². The highest BCUT2D eigenvalue weighted by molar-refractivity contribution is 8.76. The first-order chi connectivity index (χ1) is 36.9. The van der Waals surface area contributed by atoms with Gasteiger partial charge in [0.25, 0.3) is 11.8 Å². The fourth-order valence-electron chi connectivity index (χ4n) is 8.08. The number of aromatic nitrogens is 1. The van der Waals surface area contributed by atoms with Crippen LogP contribution in [0, 0.1) is 0 Å². The van der Waals surface area contributed by atoms with Crippen LogP contribution in [0.25, 0.3) is 0 Å². The van der Waals surface area contributed by atoms with E-state index in [2.05, 4.69) is 96.5 Å². The molecule has 2 fully saturated rings. The molecule has 0 bridgehead atoms. The zero-order chi connectivity index (χ0) is 58.5. The first kappa shape index (κ1) is 64.6. The van der Waals surface area contributed by atoms with Crippen LogP contribution in [-0.2, 0) is 18.3 Å². The lowest BCUT2D eigenvalue weighted by Crippen LogP contribution is -2.46. The number of methoxy groups -OCH3 is 2. The number of unbranched alkanes of at least 4 members (excludes halogenated alkanes) is 2. The molecular formula is C58H87N5O12S2Si2. The lowest BCUT2D eigenvalue weighted by Gasteiger charge is -2.38. The van der Waals surface area contributed by atoms with Crippen LogP contribution in [0.2, 0.25) is 36.3 Å². The Morgan fingerprint density at radius 1 is 0.658 bits per heavy atom. The average molecular weight is 1170 g/mol. The van der Waals surface area contributed by atoms with Gasteiger partial charge in [0.15, 0.2) is 39.6 Å². The molecule has 21 heteroatoms. The number of nitrogens with one attached hydrogen (secondary N) is 2. The Morgan fingerprint density at radius 2 is 1.13 bits per heavy atom. The van der Waals surface area contributed by atoms with Gasteiger partial charge in [0, 0.05) is 37.2 Å². The highest BCUT2D eigenvalue weighted by Gasteiger charge is 2.42. The topological polar surface area (TPSA) is 186 Å². The van der Waals surface area contributed by atoms with Gasteiger partial charge >= 0.3 is 12.2 Å². The molecule has 2 aliphatic heterocycles. The number of likely N-dealkylation sites (tertiary alicyclic amines) is 2. The number of rotatable bonds is 25. The van der Waals surface area contributed by atoms with Crippen molar-refractivity contribution in [2.24, 2.45) is 0 Å². The number of ether oxygens (including phenoxy) is 6. The van der Waals surface area contributed by atoms with Crippen molar-refractivity contribution in [1.82, 2.24) is 14.8 Å². The van der Waals surface area contributed by atoms with E-state index in [0.29, 0.717) is 87.2 Å². The van der Waals surface area contributed by atoms with Gasteiger partial charge in [-0.25, -0.2) is 14.6 Å². The Kier molecular flexibility index (Phi) is 22.9. The van der Waals surface area contributed by atoms with Gasteiger partial charge < -0.3 is 47.1 Å². The molecule has 2 atom stereocenters.